The molecule has 25 heavy (non-hydrogen) atoms. The van der Waals surface area contributed by atoms with Crippen LogP contribution < -0.4 is 10.6 Å². The number of hydrogen-bond donors (Lipinski definition) is 2. The molecule has 0 saturated heterocycles. The highest BCUT2D eigenvalue weighted by Crippen LogP contribution is 2.25. The van der Waals surface area contributed by atoms with Gasteiger partial charge in [-0.3, -0.25) is 4.68 Å². The Bertz CT molecular complexity index is 915. The number of anilines is 2. The molecule has 2 aromatic carbocycles. The number of hydrogen-bond acceptors (Lipinski definition) is 2. The van der Waals surface area contributed by atoms with Gasteiger partial charge in [-0.05, 0) is 36.5 Å². The van der Waals surface area contributed by atoms with E-state index in [9.17, 15) is 4.39 Å². The van der Waals surface area contributed by atoms with Crippen molar-refractivity contribution >= 4 is 56.4 Å². The number of thiocarbonyl (C=S) groups is 1. The van der Waals surface area contributed by atoms with E-state index < -0.39 is 0 Å². The average molecular weight is 440 g/mol. The van der Waals surface area contributed by atoms with Gasteiger partial charge in [0.1, 0.15) is 5.82 Å². The Balaban J connectivity index is 1.63. The molecule has 0 aliphatic heterocycles. The summed E-state index contributed by atoms with van der Waals surface area (Å²) >= 11 is 14.8. The quantitative estimate of drug-likeness (QED) is 0.542. The van der Waals surface area contributed by atoms with Crippen molar-refractivity contribution in [2.24, 2.45) is 0 Å². The smallest absolute Gasteiger partial charge is 0.176 e. The average Bonchev–Trinajstić information content (AvgIpc) is 2.99. The van der Waals surface area contributed by atoms with Gasteiger partial charge < -0.3 is 10.6 Å². The molecule has 0 spiro atoms. The first kappa shape index (κ1) is 17.8. The summed E-state index contributed by atoms with van der Waals surface area (Å²) in [4.78, 5) is 0. The predicted octanol–water partition coefficient (Wildman–Crippen LogP) is 5.30. The van der Waals surface area contributed by atoms with E-state index in [-0.39, 0.29) is 5.82 Å². The van der Waals surface area contributed by atoms with E-state index in [2.05, 4.69) is 31.7 Å². The van der Waals surface area contributed by atoms with Gasteiger partial charge in [-0.1, -0.05) is 45.7 Å². The molecule has 1 heterocycles. The molecule has 8 heteroatoms. The van der Waals surface area contributed by atoms with Gasteiger partial charge in [0.2, 0.25) is 0 Å². The zero-order chi connectivity index (χ0) is 17.8. The number of benzene rings is 2. The number of nitrogens with one attached hydrogen (secondary N) is 2. The Morgan fingerprint density at radius 3 is 2.76 bits per heavy atom. The normalized spacial score (nSPS) is 10.5. The largest absolute Gasteiger partial charge is 0.331 e. The summed E-state index contributed by atoms with van der Waals surface area (Å²) < 4.78 is 16.2. The summed E-state index contributed by atoms with van der Waals surface area (Å²) in [5.74, 6) is 0.302. The first-order chi connectivity index (χ1) is 12.0. The first-order valence-electron chi connectivity index (χ1n) is 7.31. The van der Waals surface area contributed by atoms with E-state index in [0.29, 0.717) is 33.7 Å². The van der Waals surface area contributed by atoms with Crippen LogP contribution in [0.4, 0.5) is 15.9 Å². The van der Waals surface area contributed by atoms with Gasteiger partial charge in [-0.15, -0.1) is 0 Å². The van der Waals surface area contributed by atoms with Gasteiger partial charge in [-0.2, -0.15) is 5.10 Å². The second kappa shape index (κ2) is 7.95. The van der Waals surface area contributed by atoms with Gasteiger partial charge in [-0.25, -0.2) is 4.39 Å². The molecule has 0 atom stereocenters. The molecule has 3 rings (SSSR count). The lowest BCUT2D eigenvalue weighted by atomic mass is 10.2. The summed E-state index contributed by atoms with van der Waals surface area (Å²) in [6.45, 7) is 0.340. The van der Waals surface area contributed by atoms with Crippen molar-refractivity contribution in [2.75, 3.05) is 10.6 Å². The van der Waals surface area contributed by atoms with Gasteiger partial charge in [0.15, 0.2) is 10.9 Å². The molecule has 0 unspecified atom stereocenters. The molecule has 0 fully saturated rings. The summed E-state index contributed by atoms with van der Waals surface area (Å²) in [6, 6.07) is 13.8. The molecular formula is C17H13BrClFN4S. The predicted molar refractivity (Wildman–Crippen MR) is 107 cm³/mol. The van der Waals surface area contributed by atoms with Crippen LogP contribution in [0.15, 0.2) is 59.2 Å². The molecule has 0 saturated carbocycles. The van der Waals surface area contributed by atoms with Crippen molar-refractivity contribution in [3.05, 3.63) is 75.6 Å². The van der Waals surface area contributed by atoms with Crippen molar-refractivity contribution in [1.82, 2.24) is 9.78 Å². The lowest BCUT2D eigenvalue weighted by Gasteiger charge is -2.10. The molecule has 0 amide bonds. The Labute approximate surface area is 163 Å². The molecule has 0 radical (unpaired) electrons. The fraction of sp³-hybridized carbons (Fsp3) is 0.0588. The van der Waals surface area contributed by atoms with Gasteiger partial charge in [0, 0.05) is 22.3 Å². The highest BCUT2D eigenvalue weighted by molar-refractivity contribution is 9.10. The van der Waals surface area contributed by atoms with Crippen LogP contribution in [0, 0.1) is 5.82 Å². The molecule has 2 N–H and O–H groups in total. The second-order valence-corrected chi connectivity index (χ2v) is 6.92. The number of rotatable bonds is 4. The molecule has 3 aromatic rings. The minimum absolute atomic E-state index is 0.255. The molecular weight excluding hydrogens is 427 g/mol. The van der Waals surface area contributed by atoms with Crippen LogP contribution >= 0.6 is 39.7 Å². The van der Waals surface area contributed by atoms with E-state index in [1.54, 1.807) is 41.2 Å². The maximum Gasteiger partial charge on any atom is 0.176 e. The second-order valence-electron chi connectivity index (χ2n) is 5.19. The summed E-state index contributed by atoms with van der Waals surface area (Å²) in [5, 5.41) is 11.2. The molecule has 4 nitrogen and oxygen atoms in total. The lowest BCUT2D eigenvalue weighted by Crippen LogP contribution is -2.19. The Hall–Kier alpha value is -1.96. The van der Waals surface area contributed by atoms with Crippen LogP contribution in [0.5, 0.6) is 0 Å². The third kappa shape index (κ3) is 4.78. The highest BCUT2D eigenvalue weighted by Gasteiger charge is 2.07. The molecule has 1 aromatic heterocycles. The van der Waals surface area contributed by atoms with Crippen LogP contribution in [0.3, 0.4) is 0 Å². The highest BCUT2D eigenvalue weighted by atomic mass is 79.9. The fourth-order valence-electron chi connectivity index (χ4n) is 2.18. The van der Waals surface area contributed by atoms with Gasteiger partial charge >= 0.3 is 0 Å². The zero-order valence-electron chi connectivity index (χ0n) is 12.8. The SMILES string of the molecule is Fc1ccccc1Cn1ccc(NC(=S)Nc2ccc(Br)cc2Cl)n1. The molecule has 0 bridgehead atoms. The molecule has 0 aliphatic carbocycles. The maximum atomic E-state index is 13.7. The van der Waals surface area contributed by atoms with Gasteiger partial charge in [0.05, 0.1) is 17.3 Å². The minimum atomic E-state index is -0.255. The van der Waals surface area contributed by atoms with Crippen molar-refractivity contribution in [2.45, 2.75) is 6.54 Å². The first-order valence-corrected chi connectivity index (χ1v) is 8.89. The van der Waals surface area contributed by atoms with Crippen LogP contribution in [0.2, 0.25) is 5.02 Å². The molecule has 128 valence electrons. The summed E-state index contributed by atoms with van der Waals surface area (Å²) in [6.07, 6.45) is 1.75. The van der Waals surface area contributed by atoms with Crippen molar-refractivity contribution in [3.8, 4) is 0 Å². The summed E-state index contributed by atoms with van der Waals surface area (Å²) in [5.41, 5.74) is 1.26. The third-order valence-electron chi connectivity index (χ3n) is 3.35. The number of halogens is 3. The topological polar surface area (TPSA) is 41.9 Å². The van der Waals surface area contributed by atoms with E-state index in [1.165, 1.54) is 6.07 Å². The fourth-order valence-corrected chi connectivity index (χ4v) is 3.11. The Morgan fingerprint density at radius 1 is 1.20 bits per heavy atom. The van der Waals surface area contributed by atoms with E-state index >= 15 is 0 Å². The van der Waals surface area contributed by atoms with Crippen LogP contribution in [-0.2, 0) is 6.54 Å². The number of nitrogens with zero attached hydrogens (tertiary/aromatic N) is 2. The van der Waals surface area contributed by atoms with E-state index in [4.69, 9.17) is 23.8 Å². The monoisotopic (exact) mass is 438 g/mol. The Kier molecular flexibility index (Phi) is 5.67. The van der Waals surface area contributed by atoms with Gasteiger partial charge in [0.25, 0.3) is 0 Å². The lowest BCUT2D eigenvalue weighted by molar-refractivity contribution is 0.586. The van der Waals surface area contributed by atoms with Crippen LogP contribution in [0.1, 0.15) is 5.56 Å². The van der Waals surface area contributed by atoms with Crippen LogP contribution in [-0.4, -0.2) is 14.9 Å². The number of aromatic nitrogens is 2. The maximum absolute atomic E-state index is 13.7. The third-order valence-corrected chi connectivity index (χ3v) is 4.36. The van der Waals surface area contributed by atoms with E-state index in [0.717, 1.165) is 4.47 Å². The van der Waals surface area contributed by atoms with E-state index in [1.807, 2.05) is 12.1 Å². The zero-order valence-corrected chi connectivity index (χ0v) is 16.0. The standard InChI is InChI=1S/C17H13BrClFN4S/c18-12-5-6-15(13(19)9-12)21-17(25)22-16-7-8-24(23-16)10-11-3-1-2-4-14(11)20/h1-9H,10H2,(H2,21,22,23,25). The van der Waals surface area contributed by atoms with Crippen molar-refractivity contribution in [1.29, 1.82) is 0 Å². The summed E-state index contributed by atoms with van der Waals surface area (Å²) in [7, 11) is 0. The minimum Gasteiger partial charge on any atom is -0.331 e. The van der Waals surface area contributed by atoms with Crippen molar-refractivity contribution < 1.29 is 4.39 Å². The Morgan fingerprint density at radius 2 is 2.00 bits per heavy atom. The van der Waals surface area contributed by atoms with Crippen LogP contribution in [0.25, 0.3) is 0 Å². The molecule has 0 aliphatic rings. The van der Waals surface area contributed by atoms with Crippen molar-refractivity contribution in [3.63, 3.8) is 0 Å².